The third-order valence-electron chi connectivity index (χ3n) is 4.85. The number of carbonyl (C=O) groups excluding carboxylic acids is 2. The summed E-state index contributed by atoms with van der Waals surface area (Å²) >= 11 is 12.2. The van der Waals surface area contributed by atoms with E-state index >= 15 is 0 Å². The molecule has 1 aromatic heterocycles. The van der Waals surface area contributed by atoms with Gasteiger partial charge in [-0.1, -0.05) is 23.2 Å². The van der Waals surface area contributed by atoms with Gasteiger partial charge in [0, 0.05) is 0 Å². The van der Waals surface area contributed by atoms with Gasteiger partial charge in [-0.25, -0.2) is 9.48 Å². The third kappa shape index (κ3) is 4.08. The number of nitriles is 1. The summed E-state index contributed by atoms with van der Waals surface area (Å²) in [5.74, 6) is -0.850. The second-order valence-corrected chi connectivity index (χ2v) is 7.62. The summed E-state index contributed by atoms with van der Waals surface area (Å²) in [7, 11) is 1.17. The number of hydrogen-bond acceptors (Lipinski definition) is 6. The highest BCUT2D eigenvalue weighted by atomic mass is 35.5. The molecule has 0 saturated heterocycles. The molecule has 0 bridgehead atoms. The van der Waals surface area contributed by atoms with Crippen molar-refractivity contribution in [1.82, 2.24) is 9.78 Å². The third-order valence-corrected chi connectivity index (χ3v) is 5.42. The Morgan fingerprint density at radius 3 is 2.34 bits per heavy atom. The van der Waals surface area contributed by atoms with Crippen LogP contribution in [-0.4, -0.2) is 35.6 Å². The number of nitrogens with zero attached hydrogens (tertiary/aromatic N) is 3. The molecule has 8 nitrogen and oxygen atoms in total. The zero-order valence-corrected chi connectivity index (χ0v) is 18.2. The van der Waals surface area contributed by atoms with Crippen molar-refractivity contribution in [1.29, 1.82) is 5.26 Å². The van der Waals surface area contributed by atoms with E-state index in [4.69, 9.17) is 32.7 Å². The number of amides is 1. The molecule has 1 aliphatic rings. The number of benzene rings is 1. The lowest BCUT2D eigenvalue weighted by molar-refractivity contribution is -0.143. The molecule has 1 aromatic carbocycles. The van der Waals surface area contributed by atoms with Crippen molar-refractivity contribution in [3.63, 3.8) is 0 Å². The Morgan fingerprint density at radius 2 is 1.91 bits per heavy atom. The van der Waals surface area contributed by atoms with Gasteiger partial charge in [-0.2, -0.15) is 23.5 Å². The standard InChI is InChI=1S/C19H15Cl2F3N4O4/c1-3-32-17(30)26-15-13(18(4-5-18)16(29)31-2)12(8-25)27-28(15)14-10(20)6-9(7-11(14)21)19(22,23)24/h6-7H,3-5H2,1-2H3,(H,26,30). The molecule has 1 heterocycles. The molecule has 32 heavy (non-hydrogen) atoms. The summed E-state index contributed by atoms with van der Waals surface area (Å²) in [6, 6.07) is 3.11. The van der Waals surface area contributed by atoms with Crippen molar-refractivity contribution in [3.8, 4) is 11.8 Å². The molecule has 1 N–H and O–H groups in total. The average Bonchev–Trinajstić information content (AvgIpc) is 3.44. The smallest absolute Gasteiger partial charge is 0.416 e. The average molecular weight is 491 g/mol. The van der Waals surface area contributed by atoms with E-state index in [1.807, 2.05) is 6.07 Å². The molecule has 0 spiro atoms. The Morgan fingerprint density at radius 1 is 1.31 bits per heavy atom. The molecule has 3 rings (SSSR count). The number of aromatic nitrogens is 2. The molecule has 13 heteroatoms. The molecule has 1 amide bonds. The van der Waals surface area contributed by atoms with Gasteiger partial charge in [0.05, 0.1) is 40.3 Å². The van der Waals surface area contributed by atoms with E-state index < -0.39 is 39.3 Å². The number of carbonyl (C=O) groups is 2. The van der Waals surface area contributed by atoms with Crippen LogP contribution >= 0.6 is 23.2 Å². The molecule has 0 atom stereocenters. The lowest BCUT2D eigenvalue weighted by Crippen LogP contribution is -2.25. The summed E-state index contributed by atoms with van der Waals surface area (Å²) in [5, 5.41) is 15.2. The van der Waals surface area contributed by atoms with E-state index in [0.29, 0.717) is 25.0 Å². The van der Waals surface area contributed by atoms with Crippen molar-refractivity contribution in [2.75, 3.05) is 19.0 Å². The maximum atomic E-state index is 13.1. The van der Waals surface area contributed by atoms with Crippen molar-refractivity contribution in [2.45, 2.75) is 31.4 Å². The number of hydrogen-bond donors (Lipinski definition) is 1. The number of nitrogens with one attached hydrogen (secondary N) is 1. The minimum absolute atomic E-state index is 0.00431. The Hall–Kier alpha value is -2.97. The first-order valence-corrected chi connectivity index (χ1v) is 9.88. The maximum absolute atomic E-state index is 13.1. The first kappa shape index (κ1) is 23.7. The number of halogens is 5. The molecule has 1 aliphatic carbocycles. The number of anilines is 1. The van der Waals surface area contributed by atoms with Crippen LogP contribution in [0.25, 0.3) is 5.69 Å². The van der Waals surface area contributed by atoms with Crippen LogP contribution in [0.4, 0.5) is 23.8 Å². The van der Waals surface area contributed by atoms with Crippen molar-refractivity contribution in [3.05, 3.63) is 39.0 Å². The van der Waals surface area contributed by atoms with Gasteiger partial charge in [-0.05, 0) is 31.9 Å². The molecule has 2 aromatic rings. The fourth-order valence-electron chi connectivity index (χ4n) is 3.30. The molecular weight excluding hydrogens is 476 g/mol. The van der Waals surface area contributed by atoms with E-state index in [0.717, 1.165) is 4.68 Å². The van der Waals surface area contributed by atoms with Gasteiger partial charge < -0.3 is 9.47 Å². The van der Waals surface area contributed by atoms with Gasteiger partial charge in [-0.15, -0.1) is 0 Å². The van der Waals surface area contributed by atoms with Gasteiger partial charge >= 0.3 is 18.2 Å². The van der Waals surface area contributed by atoms with Crippen LogP contribution < -0.4 is 5.32 Å². The van der Waals surface area contributed by atoms with E-state index in [1.54, 1.807) is 6.92 Å². The predicted molar refractivity (Wildman–Crippen MR) is 107 cm³/mol. The normalized spacial score (nSPS) is 14.4. The van der Waals surface area contributed by atoms with Crippen LogP contribution in [0.3, 0.4) is 0 Å². The molecular formula is C19H15Cl2F3N4O4. The SMILES string of the molecule is CCOC(=O)Nc1c(C2(C(=O)OC)CC2)c(C#N)nn1-c1c(Cl)cc(C(F)(F)F)cc1Cl. The highest BCUT2D eigenvalue weighted by Gasteiger charge is 2.57. The Kier molecular flexibility index (Phi) is 6.31. The Bertz CT molecular complexity index is 1110. The highest BCUT2D eigenvalue weighted by Crippen LogP contribution is 2.53. The molecule has 0 aliphatic heterocycles. The van der Waals surface area contributed by atoms with E-state index in [-0.39, 0.29) is 29.4 Å². The molecule has 0 radical (unpaired) electrons. The summed E-state index contributed by atoms with van der Waals surface area (Å²) in [4.78, 5) is 24.7. The largest absolute Gasteiger partial charge is 0.468 e. The molecule has 0 unspecified atom stereocenters. The Balaban J connectivity index is 2.29. The number of alkyl halides is 3. The highest BCUT2D eigenvalue weighted by molar-refractivity contribution is 6.38. The second kappa shape index (κ2) is 8.52. The zero-order valence-electron chi connectivity index (χ0n) is 16.6. The fraction of sp³-hybridized carbons (Fsp3) is 0.368. The van der Waals surface area contributed by atoms with Crippen molar-refractivity contribution < 1.29 is 32.2 Å². The first-order chi connectivity index (χ1) is 15.0. The Labute approximate surface area is 189 Å². The van der Waals surface area contributed by atoms with Crippen LogP contribution in [-0.2, 0) is 25.9 Å². The molecule has 170 valence electrons. The lowest BCUT2D eigenvalue weighted by Gasteiger charge is -2.17. The number of rotatable bonds is 5. The fourth-order valence-corrected chi connectivity index (χ4v) is 3.95. The van der Waals surface area contributed by atoms with E-state index in [2.05, 4.69) is 10.4 Å². The number of esters is 1. The predicted octanol–water partition coefficient (Wildman–Crippen LogP) is 4.84. The summed E-state index contributed by atoms with van der Waals surface area (Å²) < 4.78 is 50.0. The maximum Gasteiger partial charge on any atom is 0.416 e. The molecule has 1 fully saturated rings. The summed E-state index contributed by atoms with van der Waals surface area (Å²) in [6.07, 6.45) is -5.06. The van der Waals surface area contributed by atoms with Gasteiger partial charge in [0.15, 0.2) is 5.69 Å². The first-order valence-electron chi connectivity index (χ1n) is 9.12. The number of ether oxygens (including phenoxy) is 2. The van der Waals surface area contributed by atoms with Gasteiger partial charge in [-0.3, -0.25) is 10.1 Å². The number of methoxy groups -OCH3 is 1. The van der Waals surface area contributed by atoms with Crippen LogP contribution in [0.1, 0.15) is 36.6 Å². The van der Waals surface area contributed by atoms with E-state index in [9.17, 15) is 28.0 Å². The van der Waals surface area contributed by atoms with Gasteiger partial charge in [0.2, 0.25) is 0 Å². The second-order valence-electron chi connectivity index (χ2n) is 6.80. The quantitative estimate of drug-likeness (QED) is 0.600. The minimum atomic E-state index is -4.71. The lowest BCUT2D eigenvalue weighted by atomic mass is 9.95. The summed E-state index contributed by atoms with van der Waals surface area (Å²) in [6.45, 7) is 1.56. The summed E-state index contributed by atoms with van der Waals surface area (Å²) in [5.41, 5.74) is -2.81. The van der Waals surface area contributed by atoms with Gasteiger partial charge in [0.1, 0.15) is 17.6 Å². The zero-order chi connectivity index (χ0) is 23.8. The topological polar surface area (TPSA) is 106 Å². The van der Waals surface area contributed by atoms with Crippen LogP contribution in [0.5, 0.6) is 0 Å². The van der Waals surface area contributed by atoms with Crippen molar-refractivity contribution >= 4 is 41.1 Å². The van der Waals surface area contributed by atoms with Crippen LogP contribution in [0, 0.1) is 11.3 Å². The minimum Gasteiger partial charge on any atom is -0.468 e. The van der Waals surface area contributed by atoms with Crippen LogP contribution in [0.2, 0.25) is 10.0 Å². The monoisotopic (exact) mass is 490 g/mol. The van der Waals surface area contributed by atoms with Crippen LogP contribution in [0.15, 0.2) is 12.1 Å². The molecule has 1 saturated carbocycles. The van der Waals surface area contributed by atoms with Crippen molar-refractivity contribution in [2.24, 2.45) is 0 Å². The van der Waals surface area contributed by atoms with Gasteiger partial charge in [0.25, 0.3) is 0 Å². The van der Waals surface area contributed by atoms with E-state index in [1.165, 1.54) is 7.11 Å².